The van der Waals surface area contributed by atoms with Gasteiger partial charge in [0.05, 0.1) is 11.9 Å². The molecule has 0 aliphatic heterocycles. The molecule has 154 valence electrons. The Morgan fingerprint density at radius 2 is 1.73 bits per heavy atom. The van der Waals surface area contributed by atoms with E-state index >= 15 is 0 Å². The van der Waals surface area contributed by atoms with E-state index in [1.54, 1.807) is 6.07 Å². The molecule has 4 aromatic rings. The first-order valence-corrected chi connectivity index (χ1v) is 10.6. The molecular formula is C24H24Cl2N4. The number of benzene rings is 2. The highest BCUT2D eigenvalue weighted by Gasteiger charge is 2.20. The molecule has 6 heteroatoms. The molecule has 30 heavy (non-hydrogen) atoms. The zero-order valence-electron chi connectivity index (χ0n) is 17.5. The van der Waals surface area contributed by atoms with E-state index in [1.165, 1.54) is 5.56 Å². The second-order valence-electron chi connectivity index (χ2n) is 8.53. The maximum Gasteiger partial charge on any atom is 0.165 e. The normalized spacial score (nSPS) is 11.8. The van der Waals surface area contributed by atoms with E-state index in [0.717, 1.165) is 33.8 Å². The van der Waals surface area contributed by atoms with Crippen LogP contribution in [-0.2, 0) is 12.0 Å². The first-order chi connectivity index (χ1) is 14.2. The number of aromatic nitrogens is 3. The van der Waals surface area contributed by atoms with Crippen LogP contribution in [0, 0.1) is 6.92 Å². The Morgan fingerprint density at radius 1 is 1.00 bits per heavy atom. The Labute approximate surface area is 186 Å². The lowest BCUT2D eigenvalue weighted by Crippen LogP contribution is -2.16. The molecule has 0 saturated heterocycles. The average Bonchev–Trinajstić information content (AvgIpc) is 3.11. The van der Waals surface area contributed by atoms with Crippen molar-refractivity contribution in [1.82, 2.24) is 14.6 Å². The topological polar surface area (TPSA) is 42.2 Å². The van der Waals surface area contributed by atoms with Crippen molar-refractivity contribution >= 4 is 34.7 Å². The van der Waals surface area contributed by atoms with Crippen molar-refractivity contribution in [3.8, 4) is 11.1 Å². The molecule has 0 saturated carbocycles. The first-order valence-electron chi connectivity index (χ1n) is 9.86. The Bertz CT molecular complexity index is 1200. The van der Waals surface area contributed by atoms with E-state index in [0.29, 0.717) is 16.6 Å². The summed E-state index contributed by atoms with van der Waals surface area (Å²) in [6.07, 6.45) is 1.87. The lowest BCUT2D eigenvalue weighted by atomic mass is 9.92. The maximum atomic E-state index is 6.36. The van der Waals surface area contributed by atoms with Crippen molar-refractivity contribution in [1.29, 1.82) is 0 Å². The summed E-state index contributed by atoms with van der Waals surface area (Å²) < 4.78 is 1.86. The molecule has 0 fully saturated rings. The summed E-state index contributed by atoms with van der Waals surface area (Å²) in [5, 5.41) is 9.37. The van der Waals surface area contributed by atoms with Crippen molar-refractivity contribution < 1.29 is 0 Å². The quantitative estimate of drug-likeness (QED) is 0.375. The van der Waals surface area contributed by atoms with Gasteiger partial charge in [-0.3, -0.25) is 0 Å². The fourth-order valence-corrected chi connectivity index (χ4v) is 3.74. The summed E-state index contributed by atoms with van der Waals surface area (Å²) in [5.74, 6) is 0.870. The number of hydrogen-bond acceptors (Lipinski definition) is 3. The highest BCUT2D eigenvalue weighted by molar-refractivity contribution is 6.35. The minimum Gasteiger partial charge on any atom is -0.366 e. The van der Waals surface area contributed by atoms with Crippen LogP contribution in [0.5, 0.6) is 0 Å². The van der Waals surface area contributed by atoms with E-state index in [2.05, 4.69) is 68.4 Å². The fourth-order valence-electron chi connectivity index (χ4n) is 3.26. The van der Waals surface area contributed by atoms with Crippen LogP contribution in [-0.4, -0.2) is 14.6 Å². The Morgan fingerprint density at radius 3 is 2.40 bits per heavy atom. The lowest BCUT2D eigenvalue weighted by Gasteiger charge is -2.20. The van der Waals surface area contributed by atoms with Crippen LogP contribution in [0.2, 0.25) is 10.0 Å². The molecule has 2 heterocycles. The summed E-state index contributed by atoms with van der Waals surface area (Å²) >= 11 is 12.4. The van der Waals surface area contributed by atoms with Gasteiger partial charge < -0.3 is 5.32 Å². The summed E-state index contributed by atoms with van der Waals surface area (Å²) in [6, 6.07) is 16.0. The van der Waals surface area contributed by atoms with Crippen molar-refractivity contribution in [3.63, 3.8) is 0 Å². The standard InChI is InChI=1S/C24H24Cl2N4/c1-15-5-7-16(8-6-15)19-14-28-30-22(12-21(24(2,3)4)29-23(19)30)27-13-17-9-10-18(25)11-20(17)26/h5-12,14,27H,13H2,1-4H3. The van der Waals surface area contributed by atoms with E-state index in [9.17, 15) is 0 Å². The molecule has 0 bridgehead atoms. The molecule has 2 aromatic heterocycles. The molecule has 0 aliphatic rings. The Hall–Kier alpha value is -2.56. The van der Waals surface area contributed by atoms with Crippen LogP contribution >= 0.6 is 23.2 Å². The SMILES string of the molecule is Cc1ccc(-c2cnn3c(NCc4ccc(Cl)cc4Cl)cc(C(C)(C)C)nc23)cc1. The van der Waals surface area contributed by atoms with Gasteiger partial charge in [-0.15, -0.1) is 0 Å². The minimum absolute atomic E-state index is 0.106. The second-order valence-corrected chi connectivity index (χ2v) is 9.37. The number of rotatable bonds is 4. The minimum atomic E-state index is -0.106. The van der Waals surface area contributed by atoms with Crippen LogP contribution in [0.3, 0.4) is 0 Å². The van der Waals surface area contributed by atoms with Crippen molar-refractivity contribution in [2.75, 3.05) is 5.32 Å². The predicted molar refractivity (Wildman–Crippen MR) is 126 cm³/mol. The number of nitrogens with zero attached hydrogens (tertiary/aromatic N) is 3. The third-order valence-electron chi connectivity index (χ3n) is 5.08. The van der Waals surface area contributed by atoms with Crippen LogP contribution in [0.15, 0.2) is 54.7 Å². The molecule has 0 amide bonds. The monoisotopic (exact) mass is 438 g/mol. The van der Waals surface area contributed by atoms with E-state index in [-0.39, 0.29) is 5.41 Å². The van der Waals surface area contributed by atoms with Crippen LogP contribution < -0.4 is 5.32 Å². The first kappa shape index (κ1) is 20.7. The molecule has 0 unspecified atom stereocenters. The van der Waals surface area contributed by atoms with E-state index in [4.69, 9.17) is 28.2 Å². The molecular weight excluding hydrogens is 415 g/mol. The average molecular weight is 439 g/mol. The van der Waals surface area contributed by atoms with Gasteiger partial charge in [-0.25, -0.2) is 4.98 Å². The molecule has 2 aromatic carbocycles. The van der Waals surface area contributed by atoms with E-state index in [1.807, 2.05) is 22.8 Å². The van der Waals surface area contributed by atoms with Gasteiger partial charge in [0.2, 0.25) is 0 Å². The highest BCUT2D eigenvalue weighted by atomic mass is 35.5. The number of nitrogens with one attached hydrogen (secondary N) is 1. The number of anilines is 1. The molecule has 4 rings (SSSR count). The molecule has 0 atom stereocenters. The molecule has 4 nitrogen and oxygen atoms in total. The third-order valence-corrected chi connectivity index (χ3v) is 5.66. The number of halogens is 2. The van der Waals surface area contributed by atoms with Gasteiger partial charge >= 0.3 is 0 Å². The van der Waals surface area contributed by atoms with Gasteiger partial charge in [-0.05, 0) is 30.2 Å². The zero-order valence-corrected chi connectivity index (χ0v) is 19.0. The van der Waals surface area contributed by atoms with E-state index < -0.39 is 0 Å². The zero-order chi connectivity index (χ0) is 21.5. The van der Waals surface area contributed by atoms with Gasteiger partial charge in [-0.1, -0.05) is 79.9 Å². The third kappa shape index (κ3) is 4.16. The van der Waals surface area contributed by atoms with Gasteiger partial charge in [0.1, 0.15) is 5.82 Å². The summed E-state index contributed by atoms with van der Waals surface area (Å²) in [5.41, 5.74) is 6.01. The predicted octanol–water partition coefficient (Wildman–Crippen LogP) is 6.92. The Balaban J connectivity index is 1.79. The molecule has 1 N–H and O–H groups in total. The number of fused-ring (bicyclic) bond motifs is 1. The van der Waals surface area contributed by atoms with Crippen LogP contribution in [0.4, 0.5) is 5.82 Å². The number of hydrogen-bond donors (Lipinski definition) is 1. The maximum absolute atomic E-state index is 6.36. The van der Waals surface area contributed by atoms with Crippen molar-refractivity contribution in [2.24, 2.45) is 0 Å². The van der Waals surface area contributed by atoms with Gasteiger partial charge in [0.25, 0.3) is 0 Å². The fraction of sp³-hybridized carbons (Fsp3) is 0.250. The van der Waals surface area contributed by atoms with Gasteiger partial charge in [0.15, 0.2) is 5.65 Å². The van der Waals surface area contributed by atoms with Crippen molar-refractivity contribution in [2.45, 2.75) is 39.7 Å². The second kappa shape index (κ2) is 7.93. The van der Waals surface area contributed by atoms with Crippen LogP contribution in [0.1, 0.15) is 37.6 Å². The van der Waals surface area contributed by atoms with Gasteiger partial charge in [0, 0.05) is 33.6 Å². The van der Waals surface area contributed by atoms with Crippen molar-refractivity contribution in [3.05, 3.63) is 81.6 Å². The summed E-state index contributed by atoms with van der Waals surface area (Å²) in [7, 11) is 0. The molecule has 0 radical (unpaired) electrons. The van der Waals surface area contributed by atoms with Crippen LogP contribution in [0.25, 0.3) is 16.8 Å². The summed E-state index contributed by atoms with van der Waals surface area (Å²) in [6.45, 7) is 9.12. The number of aryl methyl sites for hydroxylation is 1. The Kier molecular flexibility index (Phi) is 5.48. The smallest absolute Gasteiger partial charge is 0.165 e. The highest BCUT2D eigenvalue weighted by Crippen LogP contribution is 2.30. The lowest BCUT2D eigenvalue weighted by molar-refractivity contribution is 0.568. The molecule has 0 aliphatic carbocycles. The molecule has 0 spiro atoms. The summed E-state index contributed by atoms with van der Waals surface area (Å²) in [4.78, 5) is 4.97. The van der Waals surface area contributed by atoms with Gasteiger partial charge in [-0.2, -0.15) is 9.61 Å². The largest absolute Gasteiger partial charge is 0.366 e.